The van der Waals surface area contributed by atoms with Gasteiger partial charge in [-0.05, 0) is 49.4 Å². The molecule has 0 saturated carbocycles. The van der Waals surface area contributed by atoms with E-state index in [1.165, 1.54) is 13.3 Å². The van der Waals surface area contributed by atoms with Crippen molar-refractivity contribution in [2.24, 2.45) is 0 Å². The number of esters is 2. The summed E-state index contributed by atoms with van der Waals surface area (Å²) in [4.78, 5) is 28.4. The average molecular weight is 380 g/mol. The van der Waals surface area contributed by atoms with Gasteiger partial charge in [0.25, 0.3) is 0 Å². The Labute approximate surface area is 162 Å². The van der Waals surface area contributed by atoms with E-state index in [1.54, 1.807) is 50.4 Å². The number of nitrogens with zero attached hydrogens (tertiary/aromatic N) is 1. The van der Waals surface area contributed by atoms with Gasteiger partial charge in [-0.3, -0.25) is 4.98 Å². The zero-order chi connectivity index (χ0) is 20.1. The second-order valence-corrected chi connectivity index (χ2v) is 5.84. The first kappa shape index (κ1) is 19.2. The molecular weight excluding hydrogens is 360 g/mol. The number of hydrogen-bond donors (Lipinski definition) is 1. The normalized spacial score (nSPS) is 10.4. The van der Waals surface area contributed by atoms with Crippen LogP contribution in [0.5, 0.6) is 5.75 Å². The number of methoxy groups -OCH3 is 2. The van der Waals surface area contributed by atoms with E-state index in [9.17, 15) is 9.59 Å². The summed E-state index contributed by atoms with van der Waals surface area (Å²) in [7, 11) is 2.90. The standard InChI is InChI=1S/C21H20N2O5/c1-4-28-21(25)17-12-22-18-10-9-15(26-2)11-16(18)19(17)23-14-7-5-13(6-8-14)20(24)27-3/h5-12H,4H2,1-3H3,(H,22,23). The Morgan fingerprint density at radius 3 is 2.43 bits per heavy atom. The van der Waals surface area contributed by atoms with Crippen molar-refractivity contribution in [1.82, 2.24) is 4.98 Å². The minimum atomic E-state index is -0.478. The monoisotopic (exact) mass is 380 g/mol. The second kappa shape index (κ2) is 8.39. The predicted octanol–water partition coefficient (Wildman–Crippen LogP) is 3.95. The zero-order valence-corrected chi connectivity index (χ0v) is 15.8. The van der Waals surface area contributed by atoms with E-state index >= 15 is 0 Å². The Bertz CT molecular complexity index is 1020. The van der Waals surface area contributed by atoms with Crippen LogP contribution in [0.1, 0.15) is 27.6 Å². The van der Waals surface area contributed by atoms with Crippen molar-refractivity contribution >= 4 is 34.2 Å². The lowest BCUT2D eigenvalue weighted by Crippen LogP contribution is -2.09. The van der Waals surface area contributed by atoms with Gasteiger partial charge in [-0.25, -0.2) is 9.59 Å². The highest BCUT2D eigenvalue weighted by Crippen LogP contribution is 2.32. The third-order valence-corrected chi connectivity index (χ3v) is 4.15. The maximum atomic E-state index is 12.4. The van der Waals surface area contributed by atoms with Gasteiger partial charge in [0.2, 0.25) is 0 Å². The van der Waals surface area contributed by atoms with E-state index < -0.39 is 11.9 Å². The van der Waals surface area contributed by atoms with Crippen molar-refractivity contribution in [2.45, 2.75) is 6.92 Å². The molecule has 0 fully saturated rings. The summed E-state index contributed by atoms with van der Waals surface area (Å²) in [6.07, 6.45) is 1.48. The summed E-state index contributed by atoms with van der Waals surface area (Å²) in [5, 5.41) is 3.95. The van der Waals surface area contributed by atoms with Gasteiger partial charge in [0.05, 0.1) is 37.6 Å². The molecule has 7 nitrogen and oxygen atoms in total. The highest BCUT2D eigenvalue weighted by Gasteiger charge is 2.18. The molecule has 1 N–H and O–H groups in total. The smallest absolute Gasteiger partial charge is 0.341 e. The molecule has 0 aliphatic heterocycles. The van der Waals surface area contributed by atoms with Crippen LogP contribution in [0.4, 0.5) is 11.4 Å². The van der Waals surface area contributed by atoms with Gasteiger partial charge in [0.1, 0.15) is 11.3 Å². The minimum Gasteiger partial charge on any atom is -0.497 e. The molecule has 3 rings (SSSR count). The SMILES string of the molecule is CCOC(=O)c1cnc2ccc(OC)cc2c1Nc1ccc(C(=O)OC)cc1. The van der Waals surface area contributed by atoms with Crippen molar-refractivity contribution in [3.63, 3.8) is 0 Å². The number of carbonyl (C=O) groups excluding carboxylic acids is 2. The highest BCUT2D eigenvalue weighted by molar-refractivity contribution is 6.06. The molecule has 0 bridgehead atoms. The summed E-state index contributed by atoms with van der Waals surface area (Å²) < 4.78 is 15.2. The summed E-state index contributed by atoms with van der Waals surface area (Å²) in [6, 6.07) is 12.2. The average Bonchev–Trinajstić information content (AvgIpc) is 2.73. The van der Waals surface area contributed by atoms with Gasteiger partial charge in [-0.15, -0.1) is 0 Å². The van der Waals surface area contributed by atoms with Crippen LogP contribution in [-0.4, -0.2) is 37.7 Å². The molecule has 7 heteroatoms. The lowest BCUT2D eigenvalue weighted by Gasteiger charge is -2.15. The highest BCUT2D eigenvalue weighted by atomic mass is 16.5. The van der Waals surface area contributed by atoms with Crippen molar-refractivity contribution in [1.29, 1.82) is 0 Å². The van der Waals surface area contributed by atoms with Crippen LogP contribution < -0.4 is 10.1 Å². The second-order valence-electron chi connectivity index (χ2n) is 5.84. The molecule has 0 aliphatic carbocycles. The number of pyridine rings is 1. The molecule has 0 unspecified atom stereocenters. The molecule has 0 atom stereocenters. The van der Waals surface area contributed by atoms with E-state index in [-0.39, 0.29) is 6.61 Å². The first-order valence-corrected chi connectivity index (χ1v) is 8.66. The Balaban J connectivity index is 2.08. The van der Waals surface area contributed by atoms with Gasteiger partial charge >= 0.3 is 11.9 Å². The van der Waals surface area contributed by atoms with E-state index in [4.69, 9.17) is 14.2 Å². The fourth-order valence-electron chi connectivity index (χ4n) is 2.75. The Morgan fingerprint density at radius 1 is 1.04 bits per heavy atom. The molecule has 0 radical (unpaired) electrons. The van der Waals surface area contributed by atoms with E-state index in [1.807, 2.05) is 6.07 Å². The molecule has 28 heavy (non-hydrogen) atoms. The number of rotatable bonds is 6. The van der Waals surface area contributed by atoms with Gasteiger partial charge in [0, 0.05) is 17.3 Å². The van der Waals surface area contributed by atoms with Crippen molar-refractivity contribution < 1.29 is 23.8 Å². The van der Waals surface area contributed by atoms with Gasteiger partial charge in [-0.1, -0.05) is 0 Å². The van der Waals surface area contributed by atoms with Gasteiger partial charge < -0.3 is 19.5 Å². The molecule has 144 valence electrons. The molecule has 0 spiro atoms. The largest absolute Gasteiger partial charge is 0.497 e. The molecular formula is C21H20N2O5. The Hall–Kier alpha value is -3.61. The van der Waals surface area contributed by atoms with Gasteiger partial charge in [-0.2, -0.15) is 0 Å². The number of nitrogens with one attached hydrogen (secondary N) is 1. The minimum absolute atomic E-state index is 0.252. The van der Waals surface area contributed by atoms with Crippen molar-refractivity contribution in [3.05, 3.63) is 59.8 Å². The first-order chi connectivity index (χ1) is 13.6. The van der Waals surface area contributed by atoms with E-state index in [0.29, 0.717) is 39.2 Å². The summed E-state index contributed by atoms with van der Waals surface area (Å²) >= 11 is 0. The fraction of sp³-hybridized carbons (Fsp3) is 0.190. The van der Waals surface area contributed by atoms with E-state index in [0.717, 1.165) is 0 Å². The quantitative estimate of drug-likeness (QED) is 0.648. The maximum Gasteiger partial charge on any atom is 0.341 e. The molecule has 1 aromatic heterocycles. The lowest BCUT2D eigenvalue weighted by molar-refractivity contribution is 0.0526. The Kier molecular flexibility index (Phi) is 5.74. The number of aromatic nitrogens is 1. The number of fused-ring (bicyclic) bond motifs is 1. The molecule has 0 amide bonds. The Morgan fingerprint density at radius 2 is 1.79 bits per heavy atom. The maximum absolute atomic E-state index is 12.4. The van der Waals surface area contributed by atoms with Crippen LogP contribution in [0, 0.1) is 0 Å². The summed E-state index contributed by atoms with van der Waals surface area (Å²) in [5.41, 5.74) is 2.67. The fourth-order valence-corrected chi connectivity index (χ4v) is 2.75. The molecule has 1 heterocycles. The van der Waals surface area contributed by atoms with Crippen molar-refractivity contribution in [3.8, 4) is 5.75 Å². The number of benzene rings is 2. The zero-order valence-electron chi connectivity index (χ0n) is 15.8. The third kappa shape index (κ3) is 3.88. The molecule has 0 saturated heterocycles. The summed E-state index contributed by atoms with van der Waals surface area (Å²) in [6.45, 7) is 2.00. The number of hydrogen-bond acceptors (Lipinski definition) is 7. The molecule has 0 aliphatic rings. The van der Waals surface area contributed by atoms with Crippen LogP contribution in [-0.2, 0) is 9.47 Å². The summed E-state index contributed by atoms with van der Waals surface area (Å²) in [5.74, 6) is -0.259. The lowest BCUT2D eigenvalue weighted by atomic mass is 10.1. The van der Waals surface area contributed by atoms with Crippen LogP contribution in [0.2, 0.25) is 0 Å². The van der Waals surface area contributed by atoms with Gasteiger partial charge in [0.15, 0.2) is 0 Å². The number of anilines is 2. The van der Waals surface area contributed by atoms with E-state index in [2.05, 4.69) is 10.3 Å². The van der Waals surface area contributed by atoms with Crippen LogP contribution in [0.25, 0.3) is 10.9 Å². The number of carbonyl (C=O) groups is 2. The number of ether oxygens (including phenoxy) is 3. The van der Waals surface area contributed by atoms with Crippen LogP contribution >= 0.6 is 0 Å². The van der Waals surface area contributed by atoms with Crippen LogP contribution in [0.3, 0.4) is 0 Å². The third-order valence-electron chi connectivity index (χ3n) is 4.15. The topological polar surface area (TPSA) is 86.8 Å². The van der Waals surface area contributed by atoms with Crippen LogP contribution in [0.15, 0.2) is 48.7 Å². The molecule has 2 aromatic carbocycles. The first-order valence-electron chi connectivity index (χ1n) is 8.66. The van der Waals surface area contributed by atoms with Crippen molar-refractivity contribution in [2.75, 3.05) is 26.1 Å². The molecule has 3 aromatic rings. The predicted molar refractivity (Wildman–Crippen MR) is 105 cm³/mol.